The normalized spacial score (nSPS) is 14.7. The van der Waals surface area contributed by atoms with Crippen molar-refractivity contribution < 1.29 is 4.42 Å². The summed E-state index contributed by atoms with van der Waals surface area (Å²) in [5.41, 5.74) is 15.8. The first-order valence-corrected chi connectivity index (χ1v) is 20.3. The molecule has 1 N–H and O–H groups in total. The molecule has 8 aromatic carbocycles. The minimum absolute atomic E-state index is 0.0912. The van der Waals surface area contributed by atoms with Crippen LogP contribution in [-0.4, -0.2) is 16.2 Å². The van der Waals surface area contributed by atoms with Gasteiger partial charge in [0.2, 0.25) is 0 Å². The lowest BCUT2D eigenvalue weighted by atomic mass is 9.82. The van der Waals surface area contributed by atoms with Crippen LogP contribution in [0.1, 0.15) is 47.8 Å². The summed E-state index contributed by atoms with van der Waals surface area (Å²) >= 11 is 0. The number of aliphatic imine (C=N–C) groups is 2. The molecule has 12 rings (SSSR count). The van der Waals surface area contributed by atoms with Gasteiger partial charge in [-0.3, -0.25) is 0 Å². The summed E-state index contributed by atoms with van der Waals surface area (Å²) in [6.45, 7) is 4.70. The van der Waals surface area contributed by atoms with E-state index in [1.807, 2.05) is 48.5 Å². The Labute approximate surface area is 341 Å². The van der Waals surface area contributed by atoms with Crippen LogP contribution in [0.2, 0.25) is 0 Å². The van der Waals surface area contributed by atoms with Crippen LogP contribution in [0.5, 0.6) is 0 Å². The molecule has 0 spiro atoms. The van der Waals surface area contributed by atoms with Gasteiger partial charge >= 0.3 is 0 Å². The molecule has 0 radical (unpaired) electrons. The molecule has 0 unspecified atom stereocenters. The summed E-state index contributed by atoms with van der Waals surface area (Å²) in [4.78, 5) is 10.4. The van der Waals surface area contributed by atoms with E-state index >= 15 is 0 Å². The zero-order chi connectivity index (χ0) is 39.2. The number of benzene rings is 8. The zero-order valence-electron chi connectivity index (χ0n) is 32.6. The van der Waals surface area contributed by atoms with Crippen LogP contribution in [0.25, 0.3) is 71.7 Å². The van der Waals surface area contributed by atoms with Crippen LogP contribution in [0.3, 0.4) is 0 Å². The number of furan rings is 1. The Balaban J connectivity index is 1.01. The Morgan fingerprint density at radius 3 is 1.88 bits per heavy atom. The molecule has 2 aliphatic rings. The average Bonchev–Trinajstić information content (AvgIpc) is 3.91. The van der Waals surface area contributed by atoms with Crippen molar-refractivity contribution in [2.45, 2.75) is 25.4 Å². The minimum atomic E-state index is -0.464. The Kier molecular flexibility index (Phi) is 7.27. The van der Waals surface area contributed by atoms with Gasteiger partial charge in [-0.15, -0.1) is 0 Å². The first kappa shape index (κ1) is 33.6. The molecule has 3 heterocycles. The molecule has 10 aromatic rings. The summed E-state index contributed by atoms with van der Waals surface area (Å²) in [6, 6.07) is 64.7. The van der Waals surface area contributed by atoms with Crippen LogP contribution in [0.15, 0.2) is 196 Å². The van der Waals surface area contributed by atoms with Crippen molar-refractivity contribution in [1.82, 2.24) is 9.88 Å². The molecule has 0 amide bonds. The molecule has 0 fully saturated rings. The van der Waals surface area contributed by atoms with Crippen LogP contribution in [-0.2, 0) is 5.41 Å². The van der Waals surface area contributed by atoms with Crippen molar-refractivity contribution in [3.63, 3.8) is 0 Å². The summed E-state index contributed by atoms with van der Waals surface area (Å²) in [5.74, 6) is 1.58. The second-order valence-corrected chi connectivity index (χ2v) is 16.2. The fraction of sp³-hybridized carbons (Fsp3) is 0.0741. The van der Waals surface area contributed by atoms with E-state index < -0.39 is 6.17 Å². The molecule has 5 heteroatoms. The van der Waals surface area contributed by atoms with Crippen molar-refractivity contribution in [1.29, 1.82) is 0 Å². The third-order valence-electron chi connectivity index (χ3n) is 12.5. The van der Waals surface area contributed by atoms with Gasteiger partial charge < -0.3 is 14.3 Å². The zero-order valence-corrected chi connectivity index (χ0v) is 32.6. The number of hydrogen-bond acceptors (Lipinski definition) is 4. The van der Waals surface area contributed by atoms with Gasteiger partial charge in [-0.05, 0) is 88.0 Å². The highest BCUT2D eigenvalue weighted by atomic mass is 16.3. The van der Waals surface area contributed by atoms with Crippen molar-refractivity contribution in [3.8, 4) is 27.9 Å². The van der Waals surface area contributed by atoms with Crippen LogP contribution in [0, 0.1) is 0 Å². The minimum Gasteiger partial charge on any atom is -0.456 e. The number of nitrogens with zero attached hydrogens (tertiary/aromatic N) is 3. The summed E-state index contributed by atoms with van der Waals surface area (Å²) in [6.07, 6.45) is -0.464. The highest BCUT2D eigenvalue weighted by Gasteiger charge is 2.36. The van der Waals surface area contributed by atoms with Gasteiger partial charge in [-0.1, -0.05) is 141 Å². The molecule has 59 heavy (non-hydrogen) atoms. The van der Waals surface area contributed by atoms with Gasteiger partial charge in [-0.25, -0.2) is 9.98 Å². The van der Waals surface area contributed by atoms with Gasteiger partial charge in [0.25, 0.3) is 0 Å². The molecule has 0 atom stereocenters. The maximum absolute atomic E-state index is 6.68. The Morgan fingerprint density at radius 1 is 0.492 bits per heavy atom. The molecule has 1 aliphatic heterocycles. The summed E-state index contributed by atoms with van der Waals surface area (Å²) in [5, 5.41) is 8.07. The lowest BCUT2D eigenvalue weighted by molar-refractivity contribution is 0.661. The molecular weight excluding hydrogens is 721 g/mol. The van der Waals surface area contributed by atoms with Crippen molar-refractivity contribution >= 4 is 55.4 Å². The van der Waals surface area contributed by atoms with Gasteiger partial charge in [0.1, 0.15) is 22.8 Å². The maximum atomic E-state index is 6.68. The number of aromatic nitrogens is 1. The van der Waals surface area contributed by atoms with E-state index in [-0.39, 0.29) is 5.41 Å². The quantitative estimate of drug-likeness (QED) is 0.190. The van der Waals surface area contributed by atoms with E-state index in [1.54, 1.807) is 0 Å². The first-order chi connectivity index (χ1) is 29.0. The van der Waals surface area contributed by atoms with E-state index in [0.29, 0.717) is 0 Å². The first-order valence-electron chi connectivity index (χ1n) is 20.3. The largest absolute Gasteiger partial charge is 0.456 e. The maximum Gasteiger partial charge on any atom is 0.170 e. The van der Waals surface area contributed by atoms with E-state index in [9.17, 15) is 0 Å². The average molecular weight is 759 g/mol. The standard InChI is InChI=1S/C54H38N4O/c1-54(2)44-23-13-12-21-38(44)41-31-43-42-29-35(26-28-46(42)58(47(43)32-45(41)54)37-19-10-5-11-20-37)36-25-27-39-49(30-36)59-48-24-14-22-40(50(39)48)53-56-51(33-15-6-3-7-16-33)55-52(57-53)34-17-8-4-9-18-34/h3-32,53H,1-2H3,(H,55,56,57). The highest BCUT2D eigenvalue weighted by Crippen LogP contribution is 2.51. The van der Waals surface area contributed by atoms with E-state index in [0.717, 1.165) is 67.1 Å². The number of hydrogen-bond donors (Lipinski definition) is 1. The van der Waals surface area contributed by atoms with Crippen LogP contribution < -0.4 is 5.32 Å². The Bertz CT molecular complexity index is 3320. The molecule has 0 bridgehead atoms. The second-order valence-electron chi connectivity index (χ2n) is 16.2. The van der Waals surface area contributed by atoms with E-state index in [1.165, 1.54) is 44.1 Å². The van der Waals surface area contributed by atoms with Crippen LogP contribution in [0.4, 0.5) is 0 Å². The molecule has 1 aliphatic carbocycles. The van der Waals surface area contributed by atoms with Gasteiger partial charge in [0.05, 0.1) is 11.0 Å². The number of nitrogens with one attached hydrogen (secondary N) is 1. The summed E-state index contributed by atoms with van der Waals surface area (Å²) in [7, 11) is 0. The van der Waals surface area contributed by atoms with Crippen molar-refractivity contribution in [3.05, 3.63) is 210 Å². The number of amidine groups is 2. The van der Waals surface area contributed by atoms with E-state index in [4.69, 9.17) is 14.4 Å². The fourth-order valence-electron chi connectivity index (χ4n) is 9.57. The van der Waals surface area contributed by atoms with Crippen molar-refractivity contribution in [2.24, 2.45) is 9.98 Å². The molecule has 5 nitrogen and oxygen atoms in total. The smallest absolute Gasteiger partial charge is 0.170 e. The molecule has 2 aromatic heterocycles. The lowest BCUT2D eigenvalue weighted by Crippen LogP contribution is -2.36. The van der Waals surface area contributed by atoms with E-state index in [2.05, 4.69) is 157 Å². The Morgan fingerprint density at radius 2 is 1.14 bits per heavy atom. The van der Waals surface area contributed by atoms with Gasteiger partial charge in [0.15, 0.2) is 6.17 Å². The summed E-state index contributed by atoms with van der Waals surface area (Å²) < 4.78 is 9.10. The number of rotatable bonds is 5. The third-order valence-corrected chi connectivity index (χ3v) is 12.5. The number of para-hydroxylation sites is 1. The van der Waals surface area contributed by atoms with Gasteiger partial charge in [0, 0.05) is 49.3 Å². The fourth-order valence-corrected chi connectivity index (χ4v) is 9.57. The molecular formula is C54H38N4O. The molecule has 0 saturated heterocycles. The van der Waals surface area contributed by atoms with Crippen molar-refractivity contribution in [2.75, 3.05) is 0 Å². The SMILES string of the molecule is CC1(C)c2ccccc2-c2cc3c4cc(-c5ccc6c(c5)oc5cccc(C7N=C(c8ccccc8)NC(c8ccccc8)=N7)c56)ccc4n(-c4ccccc4)c3cc21. The van der Waals surface area contributed by atoms with Crippen LogP contribution >= 0.6 is 0 Å². The predicted octanol–water partition coefficient (Wildman–Crippen LogP) is 13.2. The molecule has 0 saturated carbocycles. The number of fused-ring (bicyclic) bond motifs is 9. The monoisotopic (exact) mass is 758 g/mol. The third kappa shape index (κ3) is 5.18. The topological polar surface area (TPSA) is 54.8 Å². The van der Waals surface area contributed by atoms with Gasteiger partial charge in [-0.2, -0.15) is 0 Å². The Hall–Kier alpha value is -7.50. The molecule has 280 valence electrons. The highest BCUT2D eigenvalue weighted by molar-refractivity contribution is 6.17. The predicted molar refractivity (Wildman–Crippen MR) is 243 cm³/mol. The lowest BCUT2D eigenvalue weighted by Gasteiger charge is -2.22. The second kappa shape index (κ2) is 12.8.